The van der Waals surface area contributed by atoms with Crippen molar-refractivity contribution in [1.29, 1.82) is 0 Å². The summed E-state index contributed by atoms with van der Waals surface area (Å²) in [7, 11) is 1.85. The largest absolute Gasteiger partial charge is 0.381 e. The van der Waals surface area contributed by atoms with Crippen LogP contribution in [0.25, 0.3) is 0 Å². The molecule has 120 valence electrons. The normalized spacial score (nSPS) is 49.7. The Morgan fingerprint density at radius 3 is 2.19 bits per heavy atom. The Hall–Kier alpha value is -0.120. The lowest BCUT2D eigenvalue weighted by atomic mass is 9.49. The van der Waals surface area contributed by atoms with Crippen LogP contribution in [0.3, 0.4) is 0 Å². The Morgan fingerprint density at radius 1 is 1.05 bits per heavy atom. The van der Waals surface area contributed by atoms with E-state index in [0.29, 0.717) is 17.6 Å². The molecule has 3 heteroatoms. The van der Waals surface area contributed by atoms with Gasteiger partial charge < -0.3 is 10.5 Å². The van der Waals surface area contributed by atoms with Gasteiger partial charge in [-0.1, -0.05) is 0 Å². The number of likely N-dealkylation sites (tertiary alicyclic amines) is 1. The summed E-state index contributed by atoms with van der Waals surface area (Å²) in [6.45, 7) is 3.32. The fraction of sp³-hybridized carbons (Fsp3) is 1.00. The lowest BCUT2D eigenvalue weighted by Crippen LogP contribution is -2.56. The van der Waals surface area contributed by atoms with Crippen LogP contribution in [0, 0.1) is 23.2 Å². The van der Waals surface area contributed by atoms with E-state index >= 15 is 0 Å². The Bertz CT molecular complexity index is 348. The van der Waals surface area contributed by atoms with Crippen molar-refractivity contribution >= 4 is 0 Å². The third-order valence-electron chi connectivity index (χ3n) is 7.10. The molecule has 3 nitrogen and oxygen atoms in total. The van der Waals surface area contributed by atoms with Gasteiger partial charge in [-0.15, -0.1) is 0 Å². The molecule has 0 radical (unpaired) electrons. The van der Waals surface area contributed by atoms with Crippen LogP contribution in [-0.4, -0.2) is 43.8 Å². The van der Waals surface area contributed by atoms with E-state index in [-0.39, 0.29) is 0 Å². The zero-order chi connectivity index (χ0) is 14.4. The molecule has 21 heavy (non-hydrogen) atoms. The molecule has 2 atom stereocenters. The van der Waals surface area contributed by atoms with Crippen molar-refractivity contribution in [1.82, 2.24) is 4.90 Å². The molecule has 2 unspecified atom stereocenters. The lowest BCUT2D eigenvalue weighted by Gasteiger charge is -2.58. The van der Waals surface area contributed by atoms with E-state index in [0.717, 1.165) is 30.7 Å². The smallest absolute Gasteiger partial charge is 0.0599 e. The third kappa shape index (κ3) is 2.66. The molecule has 1 aliphatic heterocycles. The van der Waals surface area contributed by atoms with Gasteiger partial charge in [0.25, 0.3) is 0 Å². The molecule has 4 bridgehead atoms. The molecule has 0 aromatic carbocycles. The van der Waals surface area contributed by atoms with Crippen LogP contribution in [0.4, 0.5) is 0 Å². The number of nitrogens with two attached hydrogens (primary N) is 1. The van der Waals surface area contributed by atoms with E-state index in [1.807, 2.05) is 7.11 Å². The van der Waals surface area contributed by atoms with Crippen LogP contribution in [0.5, 0.6) is 0 Å². The summed E-state index contributed by atoms with van der Waals surface area (Å²) in [4.78, 5) is 2.74. The predicted molar refractivity (Wildman–Crippen MR) is 85.1 cm³/mol. The zero-order valence-corrected chi connectivity index (χ0v) is 13.6. The van der Waals surface area contributed by atoms with Crippen LogP contribution in [0.1, 0.15) is 51.4 Å². The predicted octanol–water partition coefficient (Wildman–Crippen LogP) is 2.64. The van der Waals surface area contributed by atoms with Crippen molar-refractivity contribution < 1.29 is 4.74 Å². The van der Waals surface area contributed by atoms with Gasteiger partial charge >= 0.3 is 0 Å². The van der Waals surface area contributed by atoms with E-state index in [2.05, 4.69) is 4.90 Å². The second-order valence-corrected chi connectivity index (χ2v) is 8.66. The van der Waals surface area contributed by atoms with Crippen molar-refractivity contribution in [2.24, 2.45) is 28.9 Å². The minimum Gasteiger partial charge on any atom is -0.381 e. The number of nitrogens with zero attached hydrogens (tertiary/aromatic N) is 1. The summed E-state index contributed by atoms with van der Waals surface area (Å²) in [6.07, 6.45) is 12.0. The lowest BCUT2D eigenvalue weighted by molar-refractivity contribution is -0.0854. The Balaban J connectivity index is 1.45. The highest BCUT2D eigenvalue weighted by Crippen LogP contribution is 2.60. The summed E-state index contributed by atoms with van der Waals surface area (Å²) in [5.41, 5.74) is 6.74. The number of ether oxygens (including phenoxy) is 1. The first-order chi connectivity index (χ1) is 10.2. The number of hydrogen-bond acceptors (Lipinski definition) is 3. The zero-order valence-electron chi connectivity index (χ0n) is 13.6. The Kier molecular flexibility index (Phi) is 3.79. The molecule has 0 aromatic heterocycles. The van der Waals surface area contributed by atoms with Crippen molar-refractivity contribution in [3.63, 3.8) is 0 Å². The maximum atomic E-state index is 6.08. The number of rotatable bonds is 4. The van der Waals surface area contributed by atoms with Crippen LogP contribution in [0.2, 0.25) is 0 Å². The molecule has 2 N–H and O–H groups in total. The molecule has 0 aromatic rings. The quantitative estimate of drug-likeness (QED) is 0.866. The van der Waals surface area contributed by atoms with E-state index in [9.17, 15) is 0 Å². The van der Waals surface area contributed by atoms with Gasteiger partial charge in [-0.05, 0) is 74.5 Å². The molecule has 4 aliphatic carbocycles. The number of methoxy groups -OCH3 is 1. The van der Waals surface area contributed by atoms with E-state index in [1.165, 1.54) is 38.8 Å². The molecule has 4 saturated carbocycles. The number of hydrogen-bond donors (Lipinski definition) is 1. The van der Waals surface area contributed by atoms with Crippen molar-refractivity contribution in [2.45, 2.75) is 63.5 Å². The maximum Gasteiger partial charge on any atom is 0.0599 e. The van der Waals surface area contributed by atoms with Crippen LogP contribution >= 0.6 is 0 Å². The maximum absolute atomic E-state index is 6.08. The standard InChI is InChI=1S/C18H32N2O/c1-21-17-2-3-20(16(7-17)11-19)12-18-8-13-4-14(9-18)6-15(5-13)10-18/h13-17H,2-12,19H2,1H3. The number of piperidine rings is 1. The van der Waals surface area contributed by atoms with Crippen molar-refractivity contribution in [3.05, 3.63) is 0 Å². The SMILES string of the molecule is COC1CCN(CC23CC4CC(CC(C4)C2)C3)C(CN)C1. The highest BCUT2D eigenvalue weighted by molar-refractivity contribution is 5.03. The van der Waals surface area contributed by atoms with E-state index in [1.54, 1.807) is 19.3 Å². The topological polar surface area (TPSA) is 38.5 Å². The fourth-order valence-corrected chi connectivity index (χ4v) is 6.64. The Labute approximate surface area is 129 Å². The van der Waals surface area contributed by atoms with Crippen LogP contribution in [-0.2, 0) is 4.74 Å². The first kappa shape index (κ1) is 14.5. The van der Waals surface area contributed by atoms with Gasteiger partial charge in [0.05, 0.1) is 6.10 Å². The third-order valence-corrected chi connectivity index (χ3v) is 7.10. The van der Waals surface area contributed by atoms with Gasteiger partial charge in [0.15, 0.2) is 0 Å². The second kappa shape index (κ2) is 5.50. The highest BCUT2D eigenvalue weighted by Gasteiger charge is 2.51. The van der Waals surface area contributed by atoms with Gasteiger partial charge in [-0.3, -0.25) is 4.90 Å². The first-order valence-electron chi connectivity index (χ1n) is 9.16. The molecule has 1 saturated heterocycles. The van der Waals surface area contributed by atoms with E-state index < -0.39 is 0 Å². The average molecular weight is 292 g/mol. The molecule has 5 aliphatic rings. The minimum absolute atomic E-state index is 0.436. The summed E-state index contributed by atoms with van der Waals surface area (Å²) >= 11 is 0. The van der Waals surface area contributed by atoms with Gasteiger partial charge in [-0.25, -0.2) is 0 Å². The molecule has 0 amide bonds. The summed E-state index contributed by atoms with van der Waals surface area (Å²) in [6, 6.07) is 0.553. The molecule has 0 spiro atoms. The molecular weight excluding hydrogens is 260 g/mol. The van der Waals surface area contributed by atoms with Crippen LogP contribution in [0.15, 0.2) is 0 Å². The van der Waals surface area contributed by atoms with E-state index in [4.69, 9.17) is 10.5 Å². The van der Waals surface area contributed by atoms with Gasteiger partial charge in [0.2, 0.25) is 0 Å². The molecular formula is C18H32N2O. The Morgan fingerprint density at radius 2 is 1.67 bits per heavy atom. The second-order valence-electron chi connectivity index (χ2n) is 8.66. The van der Waals surface area contributed by atoms with Gasteiger partial charge in [0, 0.05) is 32.8 Å². The van der Waals surface area contributed by atoms with Crippen molar-refractivity contribution in [3.8, 4) is 0 Å². The van der Waals surface area contributed by atoms with Gasteiger partial charge in [0.1, 0.15) is 0 Å². The highest BCUT2D eigenvalue weighted by atomic mass is 16.5. The molecule has 1 heterocycles. The molecule has 5 fully saturated rings. The minimum atomic E-state index is 0.436. The summed E-state index contributed by atoms with van der Waals surface area (Å²) in [5.74, 6) is 3.18. The molecule has 5 rings (SSSR count). The first-order valence-corrected chi connectivity index (χ1v) is 9.16. The fourth-order valence-electron chi connectivity index (χ4n) is 6.64. The summed E-state index contributed by atoms with van der Waals surface area (Å²) in [5, 5.41) is 0. The summed E-state index contributed by atoms with van der Waals surface area (Å²) < 4.78 is 5.58. The van der Waals surface area contributed by atoms with Gasteiger partial charge in [-0.2, -0.15) is 0 Å². The monoisotopic (exact) mass is 292 g/mol. The van der Waals surface area contributed by atoms with Crippen molar-refractivity contribution in [2.75, 3.05) is 26.7 Å². The van der Waals surface area contributed by atoms with Crippen LogP contribution < -0.4 is 5.73 Å². The average Bonchev–Trinajstić information content (AvgIpc) is 2.46.